The van der Waals surface area contributed by atoms with Crippen molar-refractivity contribution in [2.75, 3.05) is 6.61 Å². The van der Waals surface area contributed by atoms with Gasteiger partial charge in [-0.15, -0.1) is 0 Å². The van der Waals surface area contributed by atoms with Crippen LogP contribution in [0.25, 0.3) is 0 Å². The lowest BCUT2D eigenvalue weighted by Gasteiger charge is -2.10. The third-order valence-corrected chi connectivity index (χ3v) is 2.60. The second-order valence-electron chi connectivity index (χ2n) is 3.89. The van der Waals surface area contributed by atoms with Crippen molar-refractivity contribution in [2.45, 2.75) is 13.0 Å². The van der Waals surface area contributed by atoms with Gasteiger partial charge in [-0.05, 0) is 30.7 Å². The van der Waals surface area contributed by atoms with Gasteiger partial charge in [0.25, 0.3) is 0 Å². The fourth-order valence-corrected chi connectivity index (χ4v) is 1.71. The Morgan fingerprint density at radius 1 is 1.29 bits per heavy atom. The van der Waals surface area contributed by atoms with Crippen LogP contribution in [0.5, 0.6) is 5.75 Å². The molecule has 17 heavy (non-hydrogen) atoms. The molecule has 0 saturated heterocycles. The van der Waals surface area contributed by atoms with E-state index in [9.17, 15) is 0 Å². The second kappa shape index (κ2) is 5.01. The molecule has 4 nitrogen and oxygen atoms in total. The van der Waals surface area contributed by atoms with Crippen LogP contribution >= 0.6 is 0 Å². The molecule has 2 aromatic rings. The normalized spacial score (nSPS) is 12.4. The van der Waals surface area contributed by atoms with Gasteiger partial charge in [-0.2, -0.15) is 5.10 Å². The van der Waals surface area contributed by atoms with Crippen LogP contribution in [-0.4, -0.2) is 16.4 Å². The van der Waals surface area contributed by atoms with Gasteiger partial charge in [0.1, 0.15) is 5.75 Å². The van der Waals surface area contributed by atoms with Gasteiger partial charge < -0.3 is 10.5 Å². The number of hydrogen-bond acceptors (Lipinski definition) is 3. The Labute approximate surface area is 101 Å². The molecule has 0 saturated carbocycles. The maximum absolute atomic E-state index is 6.14. The fourth-order valence-electron chi connectivity index (χ4n) is 1.71. The zero-order chi connectivity index (χ0) is 12.3. The summed E-state index contributed by atoms with van der Waals surface area (Å²) >= 11 is 0. The molecule has 0 bridgehead atoms. The van der Waals surface area contributed by atoms with Crippen molar-refractivity contribution in [3.8, 4) is 5.75 Å². The molecule has 0 aliphatic heterocycles. The molecular weight excluding hydrogens is 214 g/mol. The van der Waals surface area contributed by atoms with Crippen molar-refractivity contribution in [2.24, 2.45) is 12.8 Å². The number of nitrogens with two attached hydrogens (primary N) is 1. The lowest BCUT2D eigenvalue weighted by Crippen LogP contribution is -2.12. The Morgan fingerprint density at radius 2 is 2.00 bits per heavy atom. The molecule has 0 radical (unpaired) electrons. The van der Waals surface area contributed by atoms with Crippen LogP contribution < -0.4 is 10.5 Å². The zero-order valence-corrected chi connectivity index (χ0v) is 10.1. The number of hydrogen-bond donors (Lipinski definition) is 1. The van der Waals surface area contributed by atoms with Crippen molar-refractivity contribution in [3.63, 3.8) is 0 Å². The van der Waals surface area contributed by atoms with E-state index in [2.05, 4.69) is 5.10 Å². The third-order valence-electron chi connectivity index (χ3n) is 2.60. The fraction of sp³-hybridized carbons (Fsp3) is 0.308. The molecule has 0 spiro atoms. The number of benzene rings is 1. The lowest BCUT2D eigenvalue weighted by atomic mass is 10.1. The topological polar surface area (TPSA) is 53.1 Å². The monoisotopic (exact) mass is 231 g/mol. The highest BCUT2D eigenvalue weighted by Crippen LogP contribution is 2.20. The number of aryl methyl sites for hydroxylation is 1. The molecule has 0 fully saturated rings. The molecule has 2 N–H and O–H groups in total. The van der Waals surface area contributed by atoms with E-state index < -0.39 is 0 Å². The molecule has 1 heterocycles. The summed E-state index contributed by atoms with van der Waals surface area (Å²) in [5, 5.41) is 4.31. The highest BCUT2D eigenvalue weighted by atomic mass is 16.5. The van der Waals surface area contributed by atoms with Crippen molar-refractivity contribution < 1.29 is 4.74 Å². The predicted octanol–water partition coefficient (Wildman–Crippen LogP) is 1.87. The zero-order valence-electron chi connectivity index (χ0n) is 10.1. The van der Waals surface area contributed by atoms with Crippen LogP contribution in [0.15, 0.2) is 36.5 Å². The summed E-state index contributed by atoms with van der Waals surface area (Å²) in [7, 11) is 1.88. The molecule has 1 aromatic carbocycles. The smallest absolute Gasteiger partial charge is 0.119 e. The van der Waals surface area contributed by atoms with Crippen molar-refractivity contribution in [1.29, 1.82) is 0 Å². The second-order valence-corrected chi connectivity index (χ2v) is 3.89. The summed E-state index contributed by atoms with van der Waals surface area (Å²) < 4.78 is 7.14. The molecule has 90 valence electrons. The number of aromatic nitrogens is 2. The minimum atomic E-state index is -0.188. The maximum Gasteiger partial charge on any atom is 0.119 e. The standard InChI is InChI=1S/C13H17N3O/c1-3-17-11-6-4-10(5-7-11)13(14)12-8-9-16(2)15-12/h4-9,13H,3,14H2,1-2H3. The Bertz CT molecular complexity index is 476. The first-order valence-electron chi connectivity index (χ1n) is 5.68. The van der Waals surface area contributed by atoms with Gasteiger partial charge in [-0.3, -0.25) is 4.68 Å². The average Bonchev–Trinajstić information content (AvgIpc) is 2.76. The largest absolute Gasteiger partial charge is 0.494 e. The van der Waals surface area contributed by atoms with E-state index in [-0.39, 0.29) is 6.04 Å². The summed E-state index contributed by atoms with van der Waals surface area (Å²) in [4.78, 5) is 0. The Morgan fingerprint density at radius 3 is 2.53 bits per heavy atom. The number of rotatable bonds is 4. The Kier molecular flexibility index (Phi) is 3.44. The van der Waals surface area contributed by atoms with Gasteiger partial charge in [0.2, 0.25) is 0 Å². The van der Waals surface area contributed by atoms with Crippen LogP contribution in [0.1, 0.15) is 24.2 Å². The van der Waals surface area contributed by atoms with Gasteiger partial charge in [0, 0.05) is 13.2 Å². The van der Waals surface area contributed by atoms with E-state index in [4.69, 9.17) is 10.5 Å². The van der Waals surface area contributed by atoms with Gasteiger partial charge >= 0.3 is 0 Å². The summed E-state index contributed by atoms with van der Waals surface area (Å²) in [6.07, 6.45) is 1.89. The van der Waals surface area contributed by atoms with Crippen molar-refractivity contribution in [3.05, 3.63) is 47.8 Å². The number of nitrogens with zero attached hydrogens (tertiary/aromatic N) is 2. The van der Waals surface area contributed by atoms with Crippen molar-refractivity contribution >= 4 is 0 Å². The quantitative estimate of drug-likeness (QED) is 0.874. The van der Waals surface area contributed by atoms with E-state index in [1.807, 2.05) is 50.5 Å². The van der Waals surface area contributed by atoms with E-state index >= 15 is 0 Å². The highest BCUT2D eigenvalue weighted by Gasteiger charge is 2.11. The molecule has 1 aromatic heterocycles. The summed E-state index contributed by atoms with van der Waals surface area (Å²) in [5.74, 6) is 0.865. The van der Waals surface area contributed by atoms with E-state index in [1.54, 1.807) is 4.68 Å². The first-order valence-corrected chi connectivity index (χ1v) is 5.68. The Balaban J connectivity index is 2.16. The van der Waals surface area contributed by atoms with Crippen LogP contribution in [0, 0.1) is 0 Å². The van der Waals surface area contributed by atoms with Crippen LogP contribution in [0.3, 0.4) is 0 Å². The van der Waals surface area contributed by atoms with Crippen LogP contribution in [-0.2, 0) is 7.05 Å². The maximum atomic E-state index is 6.14. The van der Waals surface area contributed by atoms with Crippen LogP contribution in [0.4, 0.5) is 0 Å². The predicted molar refractivity (Wildman–Crippen MR) is 66.8 cm³/mol. The van der Waals surface area contributed by atoms with Gasteiger partial charge in [0.05, 0.1) is 18.3 Å². The first-order chi connectivity index (χ1) is 8.20. The molecule has 0 amide bonds. The Hall–Kier alpha value is -1.81. The molecular formula is C13H17N3O. The molecule has 1 atom stereocenters. The van der Waals surface area contributed by atoms with Crippen molar-refractivity contribution in [1.82, 2.24) is 9.78 Å². The lowest BCUT2D eigenvalue weighted by molar-refractivity contribution is 0.340. The highest BCUT2D eigenvalue weighted by molar-refractivity contribution is 5.32. The molecule has 0 aliphatic rings. The van der Waals surface area contributed by atoms with Crippen LogP contribution in [0.2, 0.25) is 0 Å². The molecule has 0 aliphatic carbocycles. The summed E-state index contributed by atoms with van der Waals surface area (Å²) in [5.41, 5.74) is 8.04. The minimum absolute atomic E-state index is 0.188. The minimum Gasteiger partial charge on any atom is -0.494 e. The summed E-state index contributed by atoms with van der Waals surface area (Å²) in [6, 6.07) is 9.56. The van der Waals surface area contributed by atoms with E-state index in [0.29, 0.717) is 6.61 Å². The molecule has 1 unspecified atom stereocenters. The van der Waals surface area contributed by atoms with Gasteiger partial charge in [-0.25, -0.2) is 0 Å². The summed E-state index contributed by atoms with van der Waals surface area (Å²) in [6.45, 7) is 2.64. The average molecular weight is 231 g/mol. The van der Waals surface area contributed by atoms with E-state index in [0.717, 1.165) is 17.0 Å². The third kappa shape index (κ3) is 2.65. The van der Waals surface area contributed by atoms with Gasteiger partial charge in [-0.1, -0.05) is 12.1 Å². The van der Waals surface area contributed by atoms with Gasteiger partial charge in [0.15, 0.2) is 0 Å². The molecule has 2 rings (SSSR count). The molecule has 4 heteroatoms. The first kappa shape index (κ1) is 11.7. The van der Waals surface area contributed by atoms with E-state index in [1.165, 1.54) is 0 Å². The number of ether oxygens (including phenoxy) is 1. The SMILES string of the molecule is CCOc1ccc(C(N)c2ccn(C)n2)cc1.